The first-order chi connectivity index (χ1) is 9.81. The lowest BCUT2D eigenvalue weighted by atomic mass is 9.99. The molecule has 4 heteroatoms. The number of hydrogen-bond acceptors (Lipinski definition) is 4. The average molecular weight is 279 g/mol. The van der Waals surface area contributed by atoms with Crippen LogP contribution in [0, 0.1) is 5.92 Å². The van der Waals surface area contributed by atoms with Crippen molar-refractivity contribution in [3.05, 3.63) is 24.3 Å². The quantitative estimate of drug-likeness (QED) is 0.777. The van der Waals surface area contributed by atoms with Gasteiger partial charge in [0.2, 0.25) is 0 Å². The van der Waals surface area contributed by atoms with Gasteiger partial charge in [-0.2, -0.15) is 0 Å². The van der Waals surface area contributed by atoms with Gasteiger partial charge < -0.3 is 19.5 Å². The number of hydrogen-bond donors (Lipinski definition) is 1. The third-order valence-electron chi connectivity index (χ3n) is 3.81. The minimum atomic E-state index is 0.318. The number of benzene rings is 1. The number of aliphatic hydroxyl groups is 1. The Kier molecular flexibility index (Phi) is 6.15. The lowest BCUT2D eigenvalue weighted by Crippen LogP contribution is -2.37. The Labute approximate surface area is 121 Å². The van der Waals surface area contributed by atoms with Crippen LogP contribution < -0.4 is 9.47 Å². The molecule has 0 amide bonds. The number of rotatable bonds is 7. The van der Waals surface area contributed by atoms with Crippen LogP contribution in [-0.4, -0.2) is 50.0 Å². The zero-order chi connectivity index (χ0) is 14.2. The molecule has 4 nitrogen and oxygen atoms in total. The number of methoxy groups -OCH3 is 1. The third-order valence-corrected chi connectivity index (χ3v) is 3.81. The predicted octanol–water partition coefficient (Wildman–Crippen LogP) is 2.17. The topological polar surface area (TPSA) is 41.9 Å². The molecule has 0 radical (unpaired) electrons. The van der Waals surface area contributed by atoms with Gasteiger partial charge >= 0.3 is 0 Å². The molecule has 1 unspecified atom stereocenters. The predicted molar refractivity (Wildman–Crippen MR) is 79.4 cm³/mol. The van der Waals surface area contributed by atoms with E-state index >= 15 is 0 Å². The molecule has 1 fully saturated rings. The van der Waals surface area contributed by atoms with Gasteiger partial charge in [0.25, 0.3) is 0 Å². The van der Waals surface area contributed by atoms with E-state index in [-0.39, 0.29) is 0 Å². The molecule has 112 valence electrons. The molecule has 0 aliphatic carbocycles. The normalized spacial score (nSPS) is 19.8. The second-order valence-electron chi connectivity index (χ2n) is 5.37. The van der Waals surface area contributed by atoms with E-state index in [9.17, 15) is 5.11 Å². The van der Waals surface area contributed by atoms with Crippen molar-refractivity contribution < 1.29 is 14.6 Å². The zero-order valence-electron chi connectivity index (χ0n) is 12.3. The van der Waals surface area contributed by atoms with Gasteiger partial charge in [0, 0.05) is 19.7 Å². The van der Waals surface area contributed by atoms with E-state index < -0.39 is 0 Å². The minimum Gasteiger partial charge on any atom is -0.497 e. The summed E-state index contributed by atoms with van der Waals surface area (Å²) < 4.78 is 10.8. The van der Waals surface area contributed by atoms with Crippen molar-refractivity contribution in [2.75, 3.05) is 40.0 Å². The molecule has 1 aromatic carbocycles. The van der Waals surface area contributed by atoms with Crippen molar-refractivity contribution in [2.45, 2.75) is 19.3 Å². The Morgan fingerprint density at radius 1 is 1.25 bits per heavy atom. The van der Waals surface area contributed by atoms with Crippen LogP contribution in [0.1, 0.15) is 19.3 Å². The molecule has 1 aliphatic rings. The fourth-order valence-electron chi connectivity index (χ4n) is 2.65. The highest BCUT2D eigenvalue weighted by molar-refractivity contribution is 5.31. The van der Waals surface area contributed by atoms with E-state index in [1.54, 1.807) is 7.11 Å². The second kappa shape index (κ2) is 8.12. The van der Waals surface area contributed by atoms with Gasteiger partial charge in [0.1, 0.15) is 11.5 Å². The van der Waals surface area contributed by atoms with E-state index in [0.29, 0.717) is 12.5 Å². The Morgan fingerprint density at radius 2 is 2.00 bits per heavy atom. The van der Waals surface area contributed by atoms with Crippen molar-refractivity contribution in [2.24, 2.45) is 5.92 Å². The molecule has 1 saturated heterocycles. The standard InChI is InChI=1S/C16H25NO3/c1-19-15-5-7-16(8-6-15)20-11-3-10-17-9-2-4-14(12-17)13-18/h5-8,14,18H,2-4,9-13H2,1H3. The van der Waals surface area contributed by atoms with Gasteiger partial charge in [-0.25, -0.2) is 0 Å². The molecule has 1 aliphatic heterocycles. The third kappa shape index (κ3) is 4.69. The smallest absolute Gasteiger partial charge is 0.119 e. The summed E-state index contributed by atoms with van der Waals surface area (Å²) in [7, 11) is 1.66. The van der Waals surface area contributed by atoms with Gasteiger partial charge in [-0.1, -0.05) is 0 Å². The Morgan fingerprint density at radius 3 is 2.70 bits per heavy atom. The highest BCUT2D eigenvalue weighted by atomic mass is 16.5. The maximum absolute atomic E-state index is 9.21. The summed E-state index contributed by atoms with van der Waals surface area (Å²) in [4.78, 5) is 2.43. The summed E-state index contributed by atoms with van der Waals surface area (Å²) in [6, 6.07) is 7.68. The van der Waals surface area contributed by atoms with E-state index in [1.807, 2.05) is 24.3 Å². The van der Waals surface area contributed by atoms with Crippen LogP contribution in [0.5, 0.6) is 11.5 Å². The molecule has 1 aromatic rings. The minimum absolute atomic E-state index is 0.318. The fraction of sp³-hybridized carbons (Fsp3) is 0.625. The maximum Gasteiger partial charge on any atom is 0.119 e. The molecular formula is C16H25NO3. The van der Waals surface area contributed by atoms with Gasteiger partial charge in [-0.05, 0) is 56.0 Å². The summed E-state index contributed by atoms with van der Waals surface area (Å²) in [5.41, 5.74) is 0. The van der Waals surface area contributed by atoms with Crippen LogP contribution in [-0.2, 0) is 0 Å². The lowest BCUT2D eigenvalue weighted by molar-refractivity contribution is 0.115. The van der Waals surface area contributed by atoms with Crippen LogP contribution in [0.15, 0.2) is 24.3 Å². The first-order valence-electron chi connectivity index (χ1n) is 7.42. The van der Waals surface area contributed by atoms with Crippen molar-refractivity contribution in [1.29, 1.82) is 0 Å². The van der Waals surface area contributed by atoms with E-state index in [1.165, 1.54) is 6.42 Å². The number of piperidine rings is 1. The van der Waals surface area contributed by atoms with Gasteiger partial charge in [-0.3, -0.25) is 0 Å². The summed E-state index contributed by atoms with van der Waals surface area (Å²) in [6.45, 7) is 4.27. The SMILES string of the molecule is COc1ccc(OCCCN2CCCC(CO)C2)cc1. The van der Waals surface area contributed by atoms with Crippen LogP contribution in [0.4, 0.5) is 0 Å². The van der Waals surface area contributed by atoms with Crippen LogP contribution >= 0.6 is 0 Å². The second-order valence-corrected chi connectivity index (χ2v) is 5.37. The lowest BCUT2D eigenvalue weighted by Gasteiger charge is -2.31. The first kappa shape index (κ1) is 15.1. The Balaban J connectivity index is 1.63. The van der Waals surface area contributed by atoms with E-state index in [0.717, 1.165) is 50.6 Å². The number of nitrogens with zero attached hydrogens (tertiary/aromatic N) is 1. The monoisotopic (exact) mass is 279 g/mol. The Hall–Kier alpha value is -1.26. The van der Waals surface area contributed by atoms with Gasteiger partial charge in [-0.15, -0.1) is 0 Å². The molecular weight excluding hydrogens is 254 g/mol. The van der Waals surface area contributed by atoms with Gasteiger partial charge in [0.15, 0.2) is 0 Å². The first-order valence-corrected chi connectivity index (χ1v) is 7.42. The molecule has 1 N–H and O–H groups in total. The molecule has 2 rings (SSSR count). The highest BCUT2D eigenvalue weighted by Crippen LogP contribution is 2.18. The van der Waals surface area contributed by atoms with Crippen molar-refractivity contribution >= 4 is 0 Å². The van der Waals surface area contributed by atoms with Crippen LogP contribution in [0.25, 0.3) is 0 Å². The van der Waals surface area contributed by atoms with Crippen molar-refractivity contribution in [1.82, 2.24) is 4.90 Å². The molecule has 20 heavy (non-hydrogen) atoms. The summed E-state index contributed by atoms with van der Waals surface area (Å²) in [6.07, 6.45) is 3.38. The van der Waals surface area contributed by atoms with Crippen LogP contribution in [0.2, 0.25) is 0 Å². The fourth-order valence-corrected chi connectivity index (χ4v) is 2.65. The largest absolute Gasteiger partial charge is 0.497 e. The molecule has 0 aromatic heterocycles. The van der Waals surface area contributed by atoms with Crippen molar-refractivity contribution in [3.8, 4) is 11.5 Å². The van der Waals surface area contributed by atoms with E-state index in [4.69, 9.17) is 9.47 Å². The zero-order valence-corrected chi connectivity index (χ0v) is 12.3. The van der Waals surface area contributed by atoms with Crippen molar-refractivity contribution in [3.63, 3.8) is 0 Å². The Bertz CT molecular complexity index is 380. The molecule has 0 saturated carbocycles. The number of ether oxygens (including phenoxy) is 2. The number of aliphatic hydroxyl groups excluding tert-OH is 1. The molecule has 0 bridgehead atoms. The van der Waals surface area contributed by atoms with E-state index in [2.05, 4.69) is 4.90 Å². The van der Waals surface area contributed by atoms with Gasteiger partial charge in [0.05, 0.1) is 13.7 Å². The summed E-state index contributed by atoms with van der Waals surface area (Å²) in [5.74, 6) is 2.20. The molecule has 1 heterocycles. The van der Waals surface area contributed by atoms with Crippen LogP contribution in [0.3, 0.4) is 0 Å². The molecule has 0 spiro atoms. The average Bonchev–Trinajstić information content (AvgIpc) is 2.52. The number of likely N-dealkylation sites (tertiary alicyclic amines) is 1. The summed E-state index contributed by atoms with van der Waals surface area (Å²) in [5, 5.41) is 9.21. The maximum atomic E-state index is 9.21. The molecule has 1 atom stereocenters. The highest BCUT2D eigenvalue weighted by Gasteiger charge is 2.18. The summed E-state index contributed by atoms with van der Waals surface area (Å²) >= 11 is 0.